The molecule has 0 fully saturated rings. The average Bonchev–Trinajstić information content (AvgIpc) is 2.13. The van der Waals surface area contributed by atoms with Crippen molar-refractivity contribution in [2.75, 3.05) is 7.11 Å². The predicted octanol–water partition coefficient (Wildman–Crippen LogP) is 0.0637. The molecular formula is C8H10O6. The summed E-state index contributed by atoms with van der Waals surface area (Å²) in [5.74, 6) is -4.95. The van der Waals surface area contributed by atoms with Crippen LogP contribution in [0.1, 0.15) is 6.42 Å². The van der Waals surface area contributed by atoms with E-state index in [1.165, 1.54) is 0 Å². The van der Waals surface area contributed by atoms with E-state index in [4.69, 9.17) is 10.2 Å². The fourth-order valence-corrected chi connectivity index (χ4v) is 1.13. The summed E-state index contributed by atoms with van der Waals surface area (Å²) in [5, 5.41) is 36.5. The number of aliphatic hydroxyl groups is 3. The Morgan fingerprint density at radius 1 is 1.57 bits per heavy atom. The van der Waals surface area contributed by atoms with E-state index in [-0.39, 0.29) is 5.57 Å². The topological polar surface area (TPSA) is 107 Å². The van der Waals surface area contributed by atoms with Gasteiger partial charge in [-0.1, -0.05) is 0 Å². The molecule has 6 nitrogen and oxygen atoms in total. The van der Waals surface area contributed by atoms with Gasteiger partial charge in [0.15, 0.2) is 11.5 Å². The Balaban J connectivity index is 3.14. The Hall–Kier alpha value is -1.53. The monoisotopic (exact) mass is 202 g/mol. The molecule has 0 aliphatic heterocycles. The Morgan fingerprint density at radius 3 is 2.57 bits per heavy atom. The normalized spacial score (nSPS) is 27.4. The van der Waals surface area contributed by atoms with Crippen LogP contribution in [-0.2, 0) is 9.53 Å². The van der Waals surface area contributed by atoms with Gasteiger partial charge in [-0.05, 0) is 6.08 Å². The maximum absolute atomic E-state index is 10.6. The van der Waals surface area contributed by atoms with Crippen LogP contribution in [0.25, 0.3) is 0 Å². The van der Waals surface area contributed by atoms with Crippen LogP contribution in [0.15, 0.2) is 23.2 Å². The Kier molecular flexibility index (Phi) is 2.50. The third-order valence-corrected chi connectivity index (χ3v) is 1.97. The van der Waals surface area contributed by atoms with Gasteiger partial charge in [-0.15, -0.1) is 0 Å². The zero-order chi connectivity index (χ0) is 10.9. The highest BCUT2D eigenvalue weighted by Crippen LogP contribution is 2.31. The van der Waals surface area contributed by atoms with Crippen molar-refractivity contribution in [2.24, 2.45) is 0 Å². The highest BCUT2D eigenvalue weighted by atomic mass is 16.6. The minimum absolute atomic E-state index is 0.246. The number of allylic oxidation sites excluding steroid dienone is 1. The fourth-order valence-electron chi connectivity index (χ4n) is 1.13. The summed E-state index contributed by atoms with van der Waals surface area (Å²) in [6, 6.07) is 0. The van der Waals surface area contributed by atoms with Crippen LogP contribution in [-0.4, -0.2) is 39.3 Å². The minimum Gasteiger partial charge on any atom is -0.504 e. The molecule has 0 saturated heterocycles. The van der Waals surface area contributed by atoms with Crippen molar-refractivity contribution >= 4 is 5.97 Å². The van der Waals surface area contributed by atoms with Gasteiger partial charge in [-0.25, -0.2) is 4.79 Å². The summed E-state index contributed by atoms with van der Waals surface area (Å²) < 4.78 is 4.53. The second-order valence-electron chi connectivity index (χ2n) is 2.87. The summed E-state index contributed by atoms with van der Waals surface area (Å²) in [5.41, 5.74) is -0.246. The second-order valence-corrected chi connectivity index (χ2v) is 2.87. The SMILES string of the molecule is COC1(O)CC(C(=O)O)=CC(O)=C1O. The van der Waals surface area contributed by atoms with Crippen LogP contribution >= 0.6 is 0 Å². The smallest absolute Gasteiger partial charge is 0.331 e. The molecule has 6 heteroatoms. The van der Waals surface area contributed by atoms with E-state index in [0.717, 1.165) is 13.2 Å². The molecule has 0 aromatic rings. The maximum atomic E-state index is 10.6. The highest BCUT2D eigenvalue weighted by molar-refractivity contribution is 5.87. The van der Waals surface area contributed by atoms with E-state index in [1.807, 2.05) is 0 Å². The molecule has 78 valence electrons. The van der Waals surface area contributed by atoms with Gasteiger partial charge in [0.1, 0.15) is 0 Å². The molecular weight excluding hydrogens is 192 g/mol. The van der Waals surface area contributed by atoms with Crippen LogP contribution in [0.2, 0.25) is 0 Å². The maximum Gasteiger partial charge on any atom is 0.331 e. The molecule has 0 radical (unpaired) electrons. The summed E-state index contributed by atoms with van der Waals surface area (Å²) in [4.78, 5) is 10.6. The lowest BCUT2D eigenvalue weighted by atomic mass is 9.96. The molecule has 1 unspecified atom stereocenters. The highest BCUT2D eigenvalue weighted by Gasteiger charge is 2.40. The molecule has 1 atom stereocenters. The van der Waals surface area contributed by atoms with Crippen LogP contribution in [0.4, 0.5) is 0 Å². The van der Waals surface area contributed by atoms with E-state index in [0.29, 0.717) is 0 Å². The van der Waals surface area contributed by atoms with Crippen molar-refractivity contribution in [3.05, 3.63) is 23.2 Å². The number of carboxylic acids is 1. The number of hydrogen-bond donors (Lipinski definition) is 4. The third kappa shape index (κ3) is 1.57. The summed E-state index contributed by atoms with van der Waals surface area (Å²) >= 11 is 0. The van der Waals surface area contributed by atoms with E-state index in [9.17, 15) is 15.0 Å². The van der Waals surface area contributed by atoms with Crippen molar-refractivity contribution in [1.29, 1.82) is 0 Å². The zero-order valence-electron chi connectivity index (χ0n) is 7.39. The Morgan fingerprint density at radius 2 is 2.14 bits per heavy atom. The molecule has 14 heavy (non-hydrogen) atoms. The minimum atomic E-state index is -2.16. The number of aliphatic carboxylic acids is 1. The first-order valence-electron chi connectivity index (χ1n) is 3.75. The van der Waals surface area contributed by atoms with Crippen molar-refractivity contribution in [3.8, 4) is 0 Å². The molecule has 0 bridgehead atoms. The molecule has 1 aliphatic rings. The van der Waals surface area contributed by atoms with Crippen molar-refractivity contribution < 1.29 is 30.0 Å². The van der Waals surface area contributed by atoms with Crippen molar-refractivity contribution in [3.63, 3.8) is 0 Å². The van der Waals surface area contributed by atoms with Gasteiger partial charge < -0.3 is 25.2 Å². The van der Waals surface area contributed by atoms with E-state index < -0.39 is 29.7 Å². The number of carbonyl (C=O) groups is 1. The lowest BCUT2D eigenvalue weighted by molar-refractivity contribution is -0.180. The van der Waals surface area contributed by atoms with Gasteiger partial charge in [0, 0.05) is 19.1 Å². The second kappa shape index (κ2) is 3.32. The molecule has 0 heterocycles. The Bertz CT molecular complexity index is 329. The van der Waals surface area contributed by atoms with Crippen molar-refractivity contribution in [2.45, 2.75) is 12.2 Å². The lowest BCUT2D eigenvalue weighted by Crippen LogP contribution is -2.38. The molecule has 0 saturated carbocycles. The molecule has 4 N–H and O–H groups in total. The molecule has 1 rings (SSSR count). The molecule has 1 aliphatic carbocycles. The average molecular weight is 202 g/mol. The number of ether oxygens (including phenoxy) is 1. The molecule has 0 aromatic carbocycles. The standard InChI is InChI=1S/C8H10O6/c1-14-8(13)3-4(7(11)12)2-5(9)6(8)10/h2,9-10,13H,3H2,1H3,(H,11,12). The third-order valence-electron chi connectivity index (χ3n) is 1.97. The molecule has 0 spiro atoms. The van der Waals surface area contributed by atoms with Crippen LogP contribution in [0, 0.1) is 0 Å². The van der Waals surface area contributed by atoms with Gasteiger partial charge >= 0.3 is 5.97 Å². The van der Waals surface area contributed by atoms with Crippen LogP contribution in [0.5, 0.6) is 0 Å². The lowest BCUT2D eigenvalue weighted by Gasteiger charge is -2.28. The largest absolute Gasteiger partial charge is 0.504 e. The van der Waals surface area contributed by atoms with Gasteiger partial charge in [-0.3, -0.25) is 0 Å². The number of aliphatic hydroxyl groups excluding tert-OH is 2. The molecule has 0 aromatic heterocycles. The summed E-state index contributed by atoms with van der Waals surface area (Å²) in [7, 11) is 1.09. The number of methoxy groups -OCH3 is 1. The first-order chi connectivity index (χ1) is 6.40. The number of carboxylic acid groups (broad SMARTS) is 1. The first kappa shape index (κ1) is 10.6. The van der Waals surface area contributed by atoms with Crippen LogP contribution in [0.3, 0.4) is 0 Å². The predicted molar refractivity (Wildman–Crippen MR) is 44.6 cm³/mol. The van der Waals surface area contributed by atoms with Gasteiger partial charge in [0.25, 0.3) is 0 Å². The zero-order valence-corrected chi connectivity index (χ0v) is 7.39. The van der Waals surface area contributed by atoms with E-state index >= 15 is 0 Å². The summed E-state index contributed by atoms with van der Waals surface area (Å²) in [6.07, 6.45) is 0.444. The fraction of sp³-hybridized carbons (Fsp3) is 0.375. The number of hydrogen-bond acceptors (Lipinski definition) is 5. The Labute approximate surface area is 79.4 Å². The van der Waals surface area contributed by atoms with E-state index in [2.05, 4.69) is 4.74 Å². The summed E-state index contributed by atoms with van der Waals surface area (Å²) in [6.45, 7) is 0. The van der Waals surface area contributed by atoms with Gasteiger partial charge in [-0.2, -0.15) is 0 Å². The molecule has 0 amide bonds. The quantitative estimate of drug-likeness (QED) is 0.472. The first-order valence-corrected chi connectivity index (χ1v) is 3.75. The van der Waals surface area contributed by atoms with Crippen LogP contribution < -0.4 is 0 Å². The van der Waals surface area contributed by atoms with E-state index in [1.54, 1.807) is 0 Å². The van der Waals surface area contributed by atoms with Gasteiger partial charge in [0.05, 0.1) is 0 Å². The number of rotatable bonds is 2. The van der Waals surface area contributed by atoms with Crippen molar-refractivity contribution in [1.82, 2.24) is 0 Å². The van der Waals surface area contributed by atoms with Gasteiger partial charge in [0.2, 0.25) is 5.79 Å².